The van der Waals surface area contributed by atoms with E-state index in [9.17, 15) is 13.6 Å². The molecule has 2 aromatic rings. The van der Waals surface area contributed by atoms with Crippen molar-refractivity contribution >= 4 is 11.9 Å². The van der Waals surface area contributed by atoms with Gasteiger partial charge in [0.15, 0.2) is 17.3 Å². The van der Waals surface area contributed by atoms with Crippen molar-refractivity contribution in [1.82, 2.24) is 0 Å². The van der Waals surface area contributed by atoms with Crippen LogP contribution in [-0.4, -0.2) is 19.5 Å². The standard InChI is InChI=1S/C19H18F2O3/c1-12-7-8-15(11-13(12)2)16(22)10-9-14-5-4-6-17(23-3)18(14)24-19(20)21/h4-11,19H,1-3H3/b10-9+. The van der Waals surface area contributed by atoms with Crippen molar-refractivity contribution in [3.8, 4) is 11.5 Å². The molecule has 0 aliphatic carbocycles. The number of para-hydroxylation sites is 1. The highest BCUT2D eigenvalue weighted by Crippen LogP contribution is 2.33. The van der Waals surface area contributed by atoms with Crippen LogP contribution in [0.5, 0.6) is 11.5 Å². The smallest absolute Gasteiger partial charge is 0.387 e. The van der Waals surface area contributed by atoms with Gasteiger partial charge < -0.3 is 9.47 Å². The maximum Gasteiger partial charge on any atom is 0.387 e. The first-order valence-corrected chi connectivity index (χ1v) is 7.34. The summed E-state index contributed by atoms with van der Waals surface area (Å²) < 4.78 is 34.7. The molecule has 24 heavy (non-hydrogen) atoms. The molecule has 0 spiro atoms. The van der Waals surface area contributed by atoms with Crippen LogP contribution in [-0.2, 0) is 0 Å². The zero-order valence-corrected chi connectivity index (χ0v) is 13.7. The molecule has 0 unspecified atom stereocenters. The minimum absolute atomic E-state index is 0.0980. The maximum absolute atomic E-state index is 12.6. The molecule has 5 heteroatoms. The van der Waals surface area contributed by atoms with Gasteiger partial charge in [-0.1, -0.05) is 24.3 Å². The summed E-state index contributed by atoms with van der Waals surface area (Å²) in [6, 6.07) is 10.1. The Morgan fingerprint density at radius 3 is 2.50 bits per heavy atom. The van der Waals surface area contributed by atoms with E-state index in [-0.39, 0.29) is 17.3 Å². The molecule has 0 aliphatic rings. The van der Waals surface area contributed by atoms with Crippen LogP contribution in [0.3, 0.4) is 0 Å². The fraction of sp³-hybridized carbons (Fsp3) is 0.211. The predicted molar refractivity (Wildman–Crippen MR) is 88.9 cm³/mol. The number of ether oxygens (including phenoxy) is 2. The summed E-state index contributed by atoms with van der Waals surface area (Å²) in [5.74, 6) is -0.140. The van der Waals surface area contributed by atoms with E-state index in [1.807, 2.05) is 19.9 Å². The maximum atomic E-state index is 12.6. The van der Waals surface area contributed by atoms with Crippen molar-refractivity contribution in [2.45, 2.75) is 20.5 Å². The summed E-state index contributed by atoms with van der Waals surface area (Å²) in [6.45, 7) is 0.903. The summed E-state index contributed by atoms with van der Waals surface area (Å²) in [7, 11) is 1.36. The summed E-state index contributed by atoms with van der Waals surface area (Å²) in [4.78, 5) is 12.3. The van der Waals surface area contributed by atoms with Gasteiger partial charge in [-0.05, 0) is 49.3 Å². The lowest BCUT2D eigenvalue weighted by atomic mass is 10.0. The number of carbonyl (C=O) groups excluding carboxylic acids is 1. The summed E-state index contributed by atoms with van der Waals surface area (Å²) in [6.07, 6.45) is 2.77. The first kappa shape index (κ1) is 17.7. The molecule has 126 valence electrons. The van der Waals surface area contributed by atoms with Crippen molar-refractivity contribution in [3.05, 3.63) is 64.7 Å². The zero-order chi connectivity index (χ0) is 17.7. The lowest BCUT2D eigenvalue weighted by molar-refractivity contribution is -0.0513. The molecular weight excluding hydrogens is 314 g/mol. The number of rotatable bonds is 6. The number of methoxy groups -OCH3 is 1. The van der Waals surface area contributed by atoms with Crippen molar-refractivity contribution in [2.24, 2.45) is 0 Å². The first-order chi connectivity index (χ1) is 11.4. The van der Waals surface area contributed by atoms with E-state index >= 15 is 0 Å². The molecular formula is C19H18F2O3. The van der Waals surface area contributed by atoms with E-state index in [0.29, 0.717) is 11.1 Å². The quantitative estimate of drug-likeness (QED) is 0.562. The average Bonchev–Trinajstić information content (AvgIpc) is 2.55. The van der Waals surface area contributed by atoms with Gasteiger partial charge in [0.25, 0.3) is 0 Å². The number of halogens is 2. The molecule has 0 atom stereocenters. The Morgan fingerprint density at radius 1 is 1.12 bits per heavy atom. The van der Waals surface area contributed by atoms with Gasteiger partial charge in [-0.25, -0.2) is 0 Å². The number of alkyl halides is 2. The van der Waals surface area contributed by atoms with Gasteiger partial charge in [-0.3, -0.25) is 4.79 Å². The van der Waals surface area contributed by atoms with E-state index < -0.39 is 6.61 Å². The highest BCUT2D eigenvalue weighted by Gasteiger charge is 2.14. The highest BCUT2D eigenvalue weighted by molar-refractivity contribution is 6.07. The van der Waals surface area contributed by atoms with E-state index in [1.54, 1.807) is 24.3 Å². The van der Waals surface area contributed by atoms with Crippen LogP contribution in [0.2, 0.25) is 0 Å². The number of carbonyl (C=O) groups is 1. The van der Waals surface area contributed by atoms with Gasteiger partial charge >= 0.3 is 6.61 Å². The summed E-state index contributed by atoms with van der Waals surface area (Å²) in [5.41, 5.74) is 2.98. The molecule has 0 N–H and O–H groups in total. The lowest BCUT2D eigenvalue weighted by Crippen LogP contribution is -2.05. The SMILES string of the molecule is COc1cccc(/C=C/C(=O)c2ccc(C)c(C)c2)c1OC(F)F. The zero-order valence-electron chi connectivity index (χ0n) is 13.7. The third-order valence-corrected chi connectivity index (χ3v) is 3.64. The van der Waals surface area contributed by atoms with E-state index in [2.05, 4.69) is 4.74 Å². The minimum atomic E-state index is -2.98. The monoisotopic (exact) mass is 332 g/mol. The average molecular weight is 332 g/mol. The van der Waals surface area contributed by atoms with Crippen LogP contribution in [0.15, 0.2) is 42.5 Å². The molecule has 2 aromatic carbocycles. The fourth-order valence-electron chi connectivity index (χ4n) is 2.20. The Kier molecular flexibility index (Phi) is 5.68. The van der Waals surface area contributed by atoms with Crippen LogP contribution >= 0.6 is 0 Å². The van der Waals surface area contributed by atoms with Crippen LogP contribution in [0.25, 0.3) is 6.08 Å². The Hall–Kier alpha value is -2.69. The fourth-order valence-corrected chi connectivity index (χ4v) is 2.20. The third kappa shape index (κ3) is 4.19. The van der Waals surface area contributed by atoms with Crippen molar-refractivity contribution < 1.29 is 23.0 Å². The third-order valence-electron chi connectivity index (χ3n) is 3.64. The highest BCUT2D eigenvalue weighted by atomic mass is 19.3. The molecule has 3 nitrogen and oxygen atoms in total. The van der Waals surface area contributed by atoms with Gasteiger partial charge in [0.1, 0.15) is 0 Å². The van der Waals surface area contributed by atoms with E-state index in [0.717, 1.165) is 11.1 Å². The Morgan fingerprint density at radius 2 is 1.88 bits per heavy atom. The number of allylic oxidation sites excluding steroid dienone is 1. The van der Waals surface area contributed by atoms with E-state index in [4.69, 9.17) is 4.74 Å². The molecule has 0 amide bonds. The molecule has 0 heterocycles. The lowest BCUT2D eigenvalue weighted by Gasteiger charge is -2.12. The second kappa shape index (κ2) is 7.73. The van der Waals surface area contributed by atoms with Gasteiger partial charge in [-0.15, -0.1) is 0 Å². The van der Waals surface area contributed by atoms with Gasteiger partial charge in [0.05, 0.1) is 7.11 Å². The molecule has 0 radical (unpaired) electrons. The molecule has 0 bridgehead atoms. The molecule has 0 saturated carbocycles. The van der Waals surface area contributed by atoms with Crippen molar-refractivity contribution in [2.75, 3.05) is 7.11 Å². The Balaban J connectivity index is 2.30. The number of hydrogen-bond donors (Lipinski definition) is 0. The molecule has 0 aliphatic heterocycles. The molecule has 0 aromatic heterocycles. The Bertz CT molecular complexity index is 767. The van der Waals surface area contributed by atoms with E-state index in [1.165, 1.54) is 25.3 Å². The summed E-state index contributed by atoms with van der Waals surface area (Å²) >= 11 is 0. The molecule has 0 saturated heterocycles. The van der Waals surface area contributed by atoms with Crippen LogP contribution < -0.4 is 9.47 Å². The Labute approximate surface area is 139 Å². The topological polar surface area (TPSA) is 35.5 Å². The number of benzene rings is 2. The van der Waals surface area contributed by atoms with Gasteiger partial charge in [0.2, 0.25) is 0 Å². The van der Waals surface area contributed by atoms with Crippen LogP contribution in [0, 0.1) is 13.8 Å². The number of ketones is 1. The van der Waals surface area contributed by atoms with Gasteiger partial charge in [0, 0.05) is 11.1 Å². The molecule has 0 fully saturated rings. The predicted octanol–water partition coefficient (Wildman–Crippen LogP) is 4.81. The second-order valence-electron chi connectivity index (χ2n) is 5.25. The molecule has 2 rings (SSSR count). The van der Waals surface area contributed by atoms with Gasteiger partial charge in [-0.2, -0.15) is 8.78 Å². The van der Waals surface area contributed by atoms with Crippen LogP contribution in [0.1, 0.15) is 27.0 Å². The largest absolute Gasteiger partial charge is 0.493 e. The number of hydrogen-bond acceptors (Lipinski definition) is 3. The van der Waals surface area contributed by atoms with Crippen molar-refractivity contribution in [3.63, 3.8) is 0 Å². The number of aryl methyl sites for hydroxylation is 2. The normalized spacial score (nSPS) is 11.1. The van der Waals surface area contributed by atoms with Crippen molar-refractivity contribution in [1.29, 1.82) is 0 Å². The first-order valence-electron chi connectivity index (χ1n) is 7.34. The summed E-state index contributed by atoms with van der Waals surface area (Å²) in [5, 5.41) is 0. The minimum Gasteiger partial charge on any atom is -0.493 e. The van der Waals surface area contributed by atoms with Crippen LogP contribution in [0.4, 0.5) is 8.78 Å². The second-order valence-corrected chi connectivity index (χ2v) is 5.25.